The molecule has 102 valence electrons. The summed E-state index contributed by atoms with van der Waals surface area (Å²) in [7, 11) is 2.24. The van der Waals surface area contributed by atoms with E-state index < -0.39 is 20.3 Å². The van der Waals surface area contributed by atoms with E-state index in [1.165, 1.54) is 12.8 Å². The Labute approximate surface area is 124 Å². The van der Waals surface area contributed by atoms with Crippen molar-refractivity contribution in [2.75, 3.05) is 0 Å². The number of rotatable bonds is 6. The van der Waals surface area contributed by atoms with Crippen molar-refractivity contribution in [2.45, 2.75) is 66.5 Å². The summed E-state index contributed by atoms with van der Waals surface area (Å²) < 4.78 is 4.99. The molecule has 0 bridgehead atoms. The van der Waals surface area contributed by atoms with Gasteiger partial charge in [-0.3, -0.25) is 0 Å². The molecular weight excluding hydrogens is 433 g/mol. The van der Waals surface area contributed by atoms with E-state index in [4.69, 9.17) is 0 Å². The van der Waals surface area contributed by atoms with E-state index in [-0.39, 0.29) is 0 Å². The second-order valence-corrected chi connectivity index (χ2v) is 20.7. The normalized spacial score (nSPS) is 14.8. The molecule has 0 heterocycles. The Balaban J connectivity index is 3.25. The molecule has 18 heavy (non-hydrogen) atoms. The third-order valence-corrected chi connectivity index (χ3v) is 11.0. The predicted molar refractivity (Wildman–Crippen MR) is 87.2 cm³/mol. The van der Waals surface area contributed by atoms with Gasteiger partial charge in [0.15, 0.2) is 0 Å². The molecule has 0 aromatic heterocycles. The molecule has 0 nitrogen and oxygen atoms in total. The molecule has 1 rings (SSSR count). The zero-order valence-corrected chi connectivity index (χ0v) is 16.9. The van der Waals surface area contributed by atoms with Crippen LogP contribution in [0.4, 0.5) is 0 Å². The van der Waals surface area contributed by atoms with E-state index in [2.05, 4.69) is 63.7 Å². The first-order valence-electron chi connectivity index (χ1n) is 6.99. The van der Waals surface area contributed by atoms with Crippen molar-refractivity contribution in [1.29, 1.82) is 0 Å². The number of hydrogen-bond acceptors (Lipinski definition) is 1. The first kappa shape index (κ1) is 16.5. The van der Waals surface area contributed by atoms with Crippen molar-refractivity contribution in [2.24, 2.45) is 0 Å². The topological polar surface area (TPSA) is 0 Å². The third-order valence-electron chi connectivity index (χ3n) is 3.64. The third kappa shape index (κ3) is 4.24. The van der Waals surface area contributed by atoms with E-state index >= 15 is 0 Å². The molecule has 2 heteroatoms. The van der Waals surface area contributed by atoms with Crippen LogP contribution in [-0.2, 0) is 0 Å². The summed E-state index contributed by atoms with van der Waals surface area (Å²) >= 11 is -1.24. The van der Waals surface area contributed by atoms with E-state index in [0.29, 0.717) is 11.8 Å². The number of hydrogen-bond donors (Lipinski definition) is 0. The zero-order valence-electron chi connectivity index (χ0n) is 12.7. The monoisotopic (exact) mass is 460 g/mol. The van der Waals surface area contributed by atoms with Gasteiger partial charge >= 0.3 is 125 Å². The average molecular weight is 460 g/mol. The summed E-state index contributed by atoms with van der Waals surface area (Å²) in [6, 6.07) is 6.98. The molecule has 2 atom stereocenters. The van der Waals surface area contributed by atoms with Gasteiger partial charge in [-0.25, -0.2) is 0 Å². The molecule has 0 N–H and O–H groups in total. The van der Waals surface area contributed by atoms with Crippen LogP contribution in [0, 0.1) is 0 Å². The second kappa shape index (κ2) is 7.90. The predicted octanol–water partition coefficient (Wildman–Crippen LogP) is 6.06. The Morgan fingerprint density at radius 1 is 1.00 bits per heavy atom. The molecule has 0 aliphatic carbocycles. The quantitative estimate of drug-likeness (QED) is 0.466. The van der Waals surface area contributed by atoms with Crippen molar-refractivity contribution in [3.63, 3.8) is 0 Å². The molecule has 1 aromatic rings. The van der Waals surface area contributed by atoms with E-state index in [1.807, 2.05) is 0 Å². The average Bonchev–Trinajstić information content (AvgIpc) is 2.36. The van der Waals surface area contributed by atoms with Crippen LogP contribution in [0.3, 0.4) is 0 Å². The van der Waals surface area contributed by atoms with Crippen LogP contribution >= 0.6 is 8.52 Å². The van der Waals surface area contributed by atoms with Crippen molar-refractivity contribution in [1.82, 2.24) is 0 Å². The fourth-order valence-electron chi connectivity index (χ4n) is 2.08. The van der Waals surface area contributed by atoms with Crippen molar-refractivity contribution in [3.05, 3.63) is 29.3 Å². The van der Waals surface area contributed by atoms with Crippen LogP contribution in [0.1, 0.15) is 63.5 Å². The summed E-state index contributed by atoms with van der Waals surface area (Å²) in [6.07, 6.45) is 2.48. The van der Waals surface area contributed by atoms with Gasteiger partial charge in [-0.1, -0.05) is 0 Å². The van der Waals surface area contributed by atoms with Gasteiger partial charge in [0.2, 0.25) is 0 Å². The summed E-state index contributed by atoms with van der Waals surface area (Å²) in [4.78, 5) is 1.64. The Hall–Kier alpha value is 0.453. The van der Waals surface area contributed by atoms with Gasteiger partial charge in [0.1, 0.15) is 0 Å². The van der Waals surface area contributed by atoms with Gasteiger partial charge in [-0.05, 0) is 0 Å². The summed E-state index contributed by atoms with van der Waals surface area (Å²) in [5.41, 5.74) is 3.20. The molecule has 0 radical (unpaired) electrons. The maximum absolute atomic E-state index is 2.49. The van der Waals surface area contributed by atoms with Crippen LogP contribution in [0.2, 0.25) is 9.26 Å². The fourth-order valence-corrected chi connectivity index (χ4v) is 9.91. The molecule has 0 fully saturated rings. The van der Waals surface area contributed by atoms with Crippen LogP contribution < -0.4 is 0 Å². The summed E-state index contributed by atoms with van der Waals surface area (Å²) in [5.74, 6) is 1.39. The SMILES string of the molecule is CCC(C)c1cccc(C(C)CC)c1[S][Bi]([CH3])[CH3]. The minimum absolute atomic E-state index is 0.695. The van der Waals surface area contributed by atoms with Gasteiger partial charge in [-0.2, -0.15) is 0 Å². The molecule has 0 spiro atoms. The standard InChI is InChI=1S/C14H22S.2CH3.Bi/c1-5-10(3)12-8-7-9-13(14(12)15)11(4)6-2;;;/h7-11,15H,5-6H2,1-4H3;2*1H3;/q;;;+1/p-1. The first-order valence-corrected chi connectivity index (χ1v) is 19.0. The molecule has 0 aliphatic heterocycles. The van der Waals surface area contributed by atoms with E-state index in [0.717, 1.165) is 0 Å². The fraction of sp³-hybridized carbons (Fsp3) is 0.625. The van der Waals surface area contributed by atoms with Crippen LogP contribution in [-0.4, -0.2) is 20.3 Å². The van der Waals surface area contributed by atoms with Gasteiger partial charge < -0.3 is 0 Å². The van der Waals surface area contributed by atoms with Gasteiger partial charge in [0, 0.05) is 0 Å². The van der Waals surface area contributed by atoms with Crippen molar-refractivity contribution in [3.8, 4) is 0 Å². The Kier molecular flexibility index (Phi) is 7.25. The first-order chi connectivity index (χ1) is 8.51. The van der Waals surface area contributed by atoms with E-state index in [9.17, 15) is 0 Å². The minimum atomic E-state index is -1.24. The van der Waals surface area contributed by atoms with E-state index in [1.54, 1.807) is 16.0 Å². The van der Waals surface area contributed by atoms with Gasteiger partial charge in [0.25, 0.3) is 0 Å². The Bertz CT molecular complexity index is 345. The zero-order chi connectivity index (χ0) is 13.7. The van der Waals surface area contributed by atoms with Crippen molar-refractivity contribution >= 4 is 28.8 Å². The summed E-state index contributed by atoms with van der Waals surface area (Å²) in [6.45, 7) is 9.34. The van der Waals surface area contributed by atoms with Gasteiger partial charge in [0.05, 0.1) is 0 Å². The Morgan fingerprint density at radius 3 is 1.78 bits per heavy atom. The van der Waals surface area contributed by atoms with Crippen LogP contribution in [0.25, 0.3) is 0 Å². The van der Waals surface area contributed by atoms with Gasteiger partial charge in [-0.15, -0.1) is 0 Å². The van der Waals surface area contributed by atoms with Crippen LogP contribution in [0.5, 0.6) is 0 Å². The van der Waals surface area contributed by atoms with Crippen LogP contribution in [0.15, 0.2) is 23.1 Å². The van der Waals surface area contributed by atoms with Crippen molar-refractivity contribution < 1.29 is 0 Å². The molecule has 2 unspecified atom stereocenters. The molecule has 0 saturated heterocycles. The molecule has 0 aliphatic rings. The summed E-state index contributed by atoms with van der Waals surface area (Å²) in [5, 5.41) is 0. The Morgan fingerprint density at radius 2 is 1.44 bits per heavy atom. The molecule has 1 aromatic carbocycles. The second-order valence-electron chi connectivity index (χ2n) is 5.29. The molecular formula is C16H27BiS. The number of benzene rings is 1. The molecule has 0 saturated carbocycles. The maximum atomic E-state index is 2.49. The molecule has 0 amide bonds.